The van der Waals surface area contributed by atoms with Crippen LogP contribution in [0, 0.1) is 47.4 Å². The van der Waals surface area contributed by atoms with Crippen molar-refractivity contribution in [2.24, 2.45) is 0 Å². The molecule has 37 heavy (non-hydrogen) atoms. The topological polar surface area (TPSA) is 231 Å². The Morgan fingerprint density at radius 3 is 1.35 bits per heavy atom. The van der Waals surface area contributed by atoms with Crippen molar-refractivity contribution in [3.8, 4) is 0 Å². The van der Waals surface area contributed by atoms with Crippen molar-refractivity contribution in [3.05, 3.63) is 112 Å². The fourth-order valence-electron chi connectivity index (χ4n) is 3.11. The van der Waals surface area contributed by atoms with Gasteiger partial charge >= 0.3 is 0 Å². The lowest BCUT2D eigenvalue weighted by Gasteiger charge is -2.12. The Kier molecular flexibility index (Phi) is 7.13. The SMILES string of the molecule is Cc1ccc(NC(=O)c2cc([N+](=O)[O-])cc([N+](=O)[O-])c2)cc1NC(=O)c1cc([N+](=O)[O-])cc([N+](=O)[O-])c1. The van der Waals surface area contributed by atoms with Gasteiger partial charge < -0.3 is 10.6 Å². The third-order valence-electron chi connectivity index (χ3n) is 4.92. The summed E-state index contributed by atoms with van der Waals surface area (Å²) in [5.74, 6) is -1.82. The molecular formula is C21H14N6O10. The fourth-order valence-corrected chi connectivity index (χ4v) is 3.11. The summed E-state index contributed by atoms with van der Waals surface area (Å²) in [5.41, 5.74) is -2.69. The molecule has 0 aromatic heterocycles. The second-order valence-electron chi connectivity index (χ2n) is 7.44. The summed E-state index contributed by atoms with van der Waals surface area (Å²) in [5, 5.41) is 49.1. The largest absolute Gasteiger partial charge is 0.322 e. The van der Waals surface area contributed by atoms with Crippen LogP contribution >= 0.6 is 0 Å². The lowest BCUT2D eigenvalue weighted by molar-refractivity contribution is -0.394. The van der Waals surface area contributed by atoms with E-state index in [0.29, 0.717) is 17.7 Å². The van der Waals surface area contributed by atoms with Crippen molar-refractivity contribution in [2.75, 3.05) is 10.6 Å². The van der Waals surface area contributed by atoms with Crippen molar-refractivity contribution >= 4 is 45.9 Å². The van der Waals surface area contributed by atoms with Crippen LogP contribution in [-0.2, 0) is 0 Å². The number of nitrogens with zero attached hydrogens (tertiary/aromatic N) is 4. The number of nitro benzene ring substituents is 4. The molecule has 0 unspecified atom stereocenters. The van der Waals surface area contributed by atoms with E-state index in [-0.39, 0.29) is 22.5 Å². The zero-order valence-corrected chi connectivity index (χ0v) is 18.6. The molecule has 3 aromatic rings. The van der Waals surface area contributed by atoms with Gasteiger partial charge in [-0.2, -0.15) is 0 Å². The van der Waals surface area contributed by atoms with E-state index >= 15 is 0 Å². The summed E-state index contributed by atoms with van der Waals surface area (Å²) in [6.07, 6.45) is 0. The molecule has 2 N–H and O–H groups in total. The Morgan fingerprint density at radius 2 is 0.973 bits per heavy atom. The molecule has 0 heterocycles. The highest BCUT2D eigenvalue weighted by atomic mass is 16.6. The van der Waals surface area contributed by atoms with Gasteiger partial charge in [0.25, 0.3) is 34.6 Å². The third-order valence-corrected chi connectivity index (χ3v) is 4.92. The van der Waals surface area contributed by atoms with E-state index < -0.39 is 54.3 Å². The Labute approximate surface area is 205 Å². The Bertz CT molecular complexity index is 1440. The number of hydrogen-bond donors (Lipinski definition) is 2. The molecule has 188 valence electrons. The third kappa shape index (κ3) is 6.01. The number of nitro groups is 4. The quantitative estimate of drug-likeness (QED) is 0.325. The monoisotopic (exact) mass is 510 g/mol. The minimum Gasteiger partial charge on any atom is -0.322 e. The van der Waals surface area contributed by atoms with Crippen molar-refractivity contribution in [1.82, 2.24) is 0 Å². The maximum atomic E-state index is 12.7. The summed E-state index contributed by atoms with van der Waals surface area (Å²) in [7, 11) is 0. The Balaban J connectivity index is 1.89. The molecule has 2 amide bonds. The summed E-state index contributed by atoms with van der Waals surface area (Å²) < 4.78 is 0. The molecule has 0 atom stereocenters. The summed E-state index contributed by atoms with van der Waals surface area (Å²) in [4.78, 5) is 66.1. The number of anilines is 2. The fraction of sp³-hybridized carbons (Fsp3) is 0.0476. The van der Waals surface area contributed by atoms with Gasteiger partial charge in [-0.05, 0) is 24.6 Å². The number of non-ortho nitro benzene ring substituents is 4. The van der Waals surface area contributed by atoms with Gasteiger partial charge in [-0.3, -0.25) is 50.0 Å². The van der Waals surface area contributed by atoms with Crippen LogP contribution in [0.2, 0.25) is 0 Å². The van der Waals surface area contributed by atoms with E-state index in [1.54, 1.807) is 6.92 Å². The Morgan fingerprint density at radius 1 is 0.595 bits per heavy atom. The highest BCUT2D eigenvalue weighted by Crippen LogP contribution is 2.27. The first-order valence-electron chi connectivity index (χ1n) is 9.97. The number of carbonyl (C=O) groups excluding carboxylic acids is 2. The zero-order valence-electron chi connectivity index (χ0n) is 18.6. The molecule has 0 saturated carbocycles. The second kappa shape index (κ2) is 10.2. The summed E-state index contributed by atoms with van der Waals surface area (Å²) >= 11 is 0. The van der Waals surface area contributed by atoms with Gasteiger partial charge in [-0.15, -0.1) is 0 Å². The highest BCUT2D eigenvalue weighted by molar-refractivity contribution is 6.07. The smallest absolute Gasteiger partial charge is 0.277 e. The highest BCUT2D eigenvalue weighted by Gasteiger charge is 2.22. The summed E-state index contributed by atoms with van der Waals surface area (Å²) in [6.45, 7) is 1.58. The molecular weight excluding hydrogens is 496 g/mol. The van der Waals surface area contributed by atoms with Gasteiger partial charge in [0.2, 0.25) is 0 Å². The average molecular weight is 510 g/mol. The van der Waals surface area contributed by atoms with Gasteiger partial charge in [-0.1, -0.05) is 6.07 Å². The predicted molar refractivity (Wildman–Crippen MR) is 127 cm³/mol. The minimum absolute atomic E-state index is 0.0880. The maximum Gasteiger partial charge on any atom is 0.277 e. The van der Waals surface area contributed by atoms with Crippen molar-refractivity contribution < 1.29 is 29.3 Å². The molecule has 0 fully saturated rings. The first-order valence-corrected chi connectivity index (χ1v) is 9.97. The Hall–Kier alpha value is -5.80. The van der Waals surface area contributed by atoms with Crippen LogP contribution < -0.4 is 10.6 Å². The first-order chi connectivity index (χ1) is 17.3. The van der Waals surface area contributed by atoms with E-state index in [1.807, 2.05) is 0 Å². The van der Waals surface area contributed by atoms with E-state index in [2.05, 4.69) is 10.6 Å². The first kappa shape index (κ1) is 25.8. The molecule has 0 bridgehead atoms. The van der Waals surface area contributed by atoms with Crippen LogP contribution in [0.3, 0.4) is 0 Å². The van der Waals surface area contributed by atoms with Crippen LogP contribution in [-0.4, -0.2) is 31.5 Å². The number of aryl methyl sites for hydroxylation is 1. The lowest BCUT2D eigenvalue weighted by atomic mass is 10.1. The average Bonchev–Trinajstić information content (AvgIpc) is 2.85. The van der Waals surface area contributed by atoms with Gasteiger partial charge in [0, 0.05) is 35.6 Å². The standard InChI is InChI=1S/C21H14N6O10/c1-11-2-3-14(22-20(28)12-4-15(24(30)31)9-16(5-12)25(32)33)8-19(11)23-21(29)13-6-17(26(34)35)10-18(7-13)27(36)37/h2-10H,1H3,(H,22,28)(H,23,29). The molecule has 0 saturated heterocycles. The second-order valence-corrected chi connectivity index (χ2v) is 7.44. The molecule has 3 aromatic carbocycles. The van der Waals surface area contributed by atoms with Crippen LogP contribution in [0.15, 0.2) is 54.6 Å². The van der Waals surface area contributed by atoms with Crippen LogP contribution in [0.4, 0.5) is 34.1 Å². The molecule has 16 nitrogen and oxygen atoms in total. The zero-order chi connectivity index (χ0) is 27.4. The van der Waals surface area contributed by atoms with Crippen molar-refractivity contribution in [2.45, 2.75) is 6.92 Å². The molecule has 0 aliphatic rings. The van der Waals surface area contributed by atoms with Crippen molar-refractivity contribution in [3.63, 3.8) is 0 Å². The number of hydrogen-bond acceptors (Lipinski definition) is 10. The van der Waals surface area contributed by atoms with E-state index in [9.17, 15) is 50.0 Å². The normalized spacial score (nSPS) is 10.3. The number of amides is 2. The summed E-state index contributed by atoms with van der Waals surface area (Å²) in [6, 6.07) is 9.04. The van der Waals surface area contributed by atoms with E-state index in [0.717, 1.165) is 24.3 Å². The van der Waals surface area contributed by atoms with Gasteiger partial charge in [-0.25, -0.2) is 0 Å². The molecule has 3 rings (SSSR count). The number of rotatable bonds is 8. The van der Waals surface area contributed by atoms with E-state index in [4.69, 9.17) is 0 Å². The predicted octanol–water partition coefficient (Wildman–Crippen LogP) is 4.13. The van der Waals surface area contributed by atoms with Gasteiger partial charge in [0.05, 0.1) is 43.0 Å². The van der Waals surface area contributed by atoms with Crippen LogP contribution in [0.5, 0.6) is 0 Å². The minimum atomic E-state index is -0.915. The van der Waals surface area contributed by atoms with Crippen molar-refractivity contribution in [1.29, 1.82) is 0 Å². The maximum absolute atomic E-state index is 12.7. The molecule has 0 aliphatic heterocycles. The van der Waals surface area contributed by atoms with Crippen LogP contribution in [0.1, 0.15) is 26.3 Å². The number of carbonyl (C=O) groups is 2. The van der Waals surface area contributed by atoms with Gasteiger partial charge in [0.15, 0.2) is 0 Å². The van der Waals surface area contributed by atoms with E-state index in [1.165, 1.54) is 18.2 Å². The molecule has 0 radical (unpaired) electrons. The van der Waals surface area contributed by atoms with Gasteiger partial charge in [0.1, 0.15) is 0 Å². The number of benzene rings is 3. The lowest BCUT2D eigenvalue weighted by Crippen LogP contribution is -2.15. The molecule has 0 spiro atoms. The molecule has 16 heteroatoms. The number of nitrogens with one attached hydrogen (secondary N) is 2. The van der Waals surface area contributed by atoms with Crippen LogP contribution in [0.25, 0.3) is 0 Å². The molecule has 0 aliphatic carbocycles.